The fraction of sp³-hybridized carbons (Fsp3) is 0.647. The SMILES string of the molecule is CCn1cc(S(=O)(=O)NCc2nc(N(C)C)nc(N3CCCCC3)n2)nc1C. The van der Waals surface area contributed by atoms with Crippen molar-refractivity contribution in [1.29, 1.82) is 0 Å². The molecule has 2 aromatic heterocycles. The molecule has 0 spiro atoms. The molecule has 0 saturated carbocycles. The standard InChI is InChI=1S/C17H28N8O2S/c1-5-24-12-15(19-13(24)2)28(26,27)18-11-14-20-16(23(3)4)22-17(21-14)25-9-7-6-8-10-25/h12,18H,5-11H2,1-4H3. The zero-order valence-electron chi connectivity index (χ0n) is 16.9. The lowest BCUT2D eigenvalue weighted by atomic mass is 10.1. The number of piperidine rings is 1. The van der Waals surface area contributed by atoms with Gasteiger partial charge >= 0.3 is 0 Å². The molecule has 1 N–H and O–H groups in total. The molecule has 1 aliphatic rings. The van der Waals surface area contributed by atoms with Gasteiger partial charge in [-0.05, 0) is 33.1 Å². The van der Waals surface area contributed by atoms with Crippen LogP contribution in [0.2, 0.25) is 0 Å². The van der Waals surface area contributed by atoms with Crippen molar-refractivity contribution in [3.8, 4) is 0 Å². The van der Waals surface area contributed by atoms with E-state index in [0.717, 1.165) is 25.9 Å². The molecule has 0 aromatic carbocycles. The second kappa shape index (κ2) is 8.39. The van der Waals surface area contributed by atoms with Crippen molar-refractivity contribution in [2.24, 2.45) is 0 Å². The predicted molar refractivity (Wildman–Crippen MR) is 107 cm³/mol. The molecule has 1 saturated heterocycles. The number of aromatic nitrogens is 5. The Hall–Kier alpha value is -2.27. The molecule has 11 heteroatoms. The molecule has 0 amide bonds. The van der Waals surface area contributed by atoms with Crippen LogP contribution in [0.4, 0.5) is 11.9 Å². The van der Waals surface area contributed by atoms with E-state index in [2.05, 4.69) is 29.6 Å². The normalized spacial score (nSPS) is 15.1. The molecule has 2 aromatic rings. The van der Waals surface area contributed by atoms with Crippen molar-refractivity contribution >= 4 is 21.9 Å². The van der Waals surface area contributed by atoms with Crippen LogP contribution < -0.4 is 14.5 Å². The van der Waals surface area contributed by atoms with Crippen LogP contribution in [0.5, 0.6) is 0 Å². The Morgan fingerprint density at radius 3 is 2.43 bits per heavy atom. The molecule has 10 nitrogen and oxygen atoms in total. The topological polar surface area (TPSA) is 109 Å². The fourth-order valence-electron chi connectivity index (χ4n) is 3.07. The Balaban J connectivity index is 1.81. The minimum absolute atomic E-state index is 0.00462. The van der Waals surface area contributed by atoms with Crippen LogP contribution in [0.15, 0.2) is 11.2 Å². The monoisotopic (exact) mass is 408 g/mol. The summed E-state index contributed by atoms with van der Waals surface area (Å²) in [5.74, 6) is 2.15. The van der Waals surface area contributed by atoms with Crippen LogP contribution >= 0.6 is 0 Å². The number of nitrogens with zero attached hydrogens (tertiary/aromatic N) is 7. The number of hydrogen-bond donors (Lipinski definition) is 1. The Morgan fingerprint density at radius 2 is 1.82 bits per heavy atom. The predicted octanol–water partition coefficient (Wildman–Crippen LogP) is 0.931. The summed E-state index contributed by atoms with van der Waals surface area (Å²) in [6.07, 6.45) is 4.95. The van der Waals surface area contributed by atoms with Gasteiger partial charge in [0.1, 0.15) is 5.82 Å². The summed E-state index contributed by atoms with van der Waals surface area (Å²) in [6, 6.07) is 0. The first-order valence-corrected chi connectivity index (χ1v) is 11.0. The van der Waals surface area contributed by atoms with Gasteiger partial charge in [-0.1, -0.05) is 0 Å². The Morgan fingerprint density at radius 1 is 1.11 bits per heavy atom. The zero-order chi connectivity index (χ0) is 20.3. The van der Waals surface area contributed by atoms with Gasteiger partial charge in [0.2, 0.25) is 11.9 Å². The number of nitrogens with one attached hydrogen (secondary N) is 1. The third kappa shape index (κ3) is 4.58. The van der Waals surface area contributed by atoms with E-state index >= 15 is 0 Å². The number of hydrogen-bond acceptors (Lipinski definition) is 8. The van der Waals surface area contributed by atoms with E-state index in [0.29, 0.717) is 30.1 Å². The fourth-order valence-corrected chi connectivity index (χ4v) is 4.06. The second-order valence-corrected chi connectivity index (χ2v) is 8.74. The maximum absolute atomic E-state index is 12.6. The summed E-state index contributed by atoms with van der Waals surface area (Å²) >= 11 is 0. The van der Waals surface area contributed by atoms with Crippen molar-refractivity contribution < 1.29 is 8.42 Å². The molecule has 0 atom stereocenters. The molecule has 28 heavy (non-hydrogen) atoms. The minimum Gasteiger partial charge on any atom is -0.347 e. The van der Waals surface area contributed by atoms with Crippen LogP contribution in [-0.4, -0.2) is 60.1 Å². The molecule has 0 aliphatic carbocycles. The van der Waals surface area contributed by atoms with Gasteiger partial charge in [-0.2, -0.15) is 15.0 Å². The van der Waals surface area contributed by atoms with Gasteiger partial charge in [0, 0.05) is 39.9 Å². The van der Waals surface area contributed by atoms with Crippen LogP contribution in [0, 0.1) is 6.92 Å². The van der Waals surface area contributed by atoms with Crippen molar-refractivity contribution in [3.63, 3.8) is 0 Å². The molecule has 3 heterocycles. The molecule has 1 aliphatic heterocycles. The molecule has 0 radical (unpaired) electrons. The Kier molecular flexibility index (Phi) is 6.14. The number of anilines is 2. The quantitative estimate of drug-likeness (QED) is 0.721. The van der Waals surface area contributed by atoms with Crippen molar-refractivity contribution in [3.05, 3.63) is 17.8 Å². The van der Waals surface area contributed by atoms with E-state index < -0.39 is 10.0 Å². The van der Waals surface area contributed by atoms with Crippen molar-refractivity contribution in [2.45, 2.75) is 51.2 Å². The molecule has 0 unspecified atom stereocenters. The summed E-state index contributed by atoms with van der Waals surface area (Å²) in [6.45, 7) is 6.15. The molecule has 0 bridgehead atoms. The van der Waals surface area contributed by atoms with Crippen LogP contribution in [0.3, 0.4) is 0 Å². The van der Waals surface area contributed by atoms with Gasteiger partial charge in [-0.15, -0.1) is 0 Å². The Labute approximate surface area is 166 Å². The third-order valence-electron chi connectivity index (χ3n) is 4.69. The third-order valence-corrected chi connectivity index (χ3v) is 5.96. The van der Waals surface area contributed by atoms with E-state index in [1.54, 1.807) is 16.4 Å². The maximum Gasteiger partial charge on any atom is 0.260 e. The highest BCUT2D eigenvalue weighted by Crippen LogP contribution is 2.18. The number of imidazole rings is 1. The molecule has 154 valence electrons. The highest BCUT2D eigenvalue weighted by atomic mass is 32.2. The minimum atomic E-state index is -3.75. The van der Waals surface area contributed by atoms with E-state index in [-0.39, 0.29) is 11.6 Å². The Bertz CT molecular complexity index is 919. The van der Waals surface area contributed by atoms with Gasteiger partial charge in [-0.25, -0.2) is 18.1 Å². The lowest BCUT2D eigenvalue weighted by Gasteiger charge is -2.27. The average molecular weight is 409 g/mol. The van der Waals surface area contributed by atoms with E-state index in [1.165, 1.54) is 12.6 Å². The first-order chi connectivity index (χ1) is 13.3. The van der Waals surface area contributed by atoms with Crippen LogP contribution in [-0.2, 0) is 23.1 Å². The molecular weight excluding hydrogens is 380 g/mol. The van der Waals surface area contributed by atoms with Gasteiger partial charge in [-0.3, -0.25) is 0 Å². The van der Waals surface area contributed by atoms with Gasteiger partial charge in [0.15, 0.2) is 10.9 Å². The lowest BCUT2D eigenvalue weighted by molar-refractivity contribution is 0.563. The molecular formula is C17H28N8O2S. The maximum atomic E-state index is 12.6. The average Bonchev–Trinajstić information content (AvgIpc) is 3.08. The summed E-state index contributed by atoms with van der Waals surface area (Å²) < 4.78 is 29.6. The number of aryl methyl sites for hydroxylation is 2. The van der Waals surface area contributed by atoms with Crippen molar-refractivity contribution in [1.82, 2.24) is 29.2 Å². The first kappa shape index (κ1) is 20.5. The summed E-state index contributed by atoms with van der Waals surface area (Å²) in [5.41, 5.74) is 0. The van der Waals surface area contributed by atoms with Gasteiger partial charge in [0.25, 0.3) is 10.0 Å². The summed E-state index contributed by atoms with van der Waals surface area (Å²) in [5, 5.41) is 0.00462. The van der Waals surface area contributed by atoms with E-state index in [4.69, 9.17) is 0 Å². The summed E-state index contributed by atoms with van der Waals surface area (Å²) in [7, 11) is -0.0493. The lowest BCUT2D eigenvalue weighted by Crippen LogP contribution is -2.33. The van der Waals surface area contributed by atoms with Crippen molar-refractivity contribution in [2.75, 3.05) is 37.0 Å². The smallest absolute Gasteiger partial charge is 0.260 e. The van der Waals surface area contributed by atoms with Crippen LogP contribution in [0.1, 0.15) is 37.8 Å². The molecule has 3 rings (SSSR count). The van der Waals surface area contributed by atoms with E-state index in [9.17, 15) is 8.42 Å². The number of sulfonamides is 1. The summed E-state index contributed by atoms with van der Waals surface area (Å²) in [4.78, 5) is 21.5. The van der Waals surface area contributed by atoms with Crippen LogP contribution in [0.25, 0.3) is 0 Å². The van der Waals surface area contributed by atoms with Gasteiger partial charge < -0.3 is 14.4 Å². The highest BCUT2D eigenvalue weighted by Gasteiger charge is 2.21. The second-order valence-electron chi connectivity index (χ2n) is 7.03. The van der Waals surface area contributed by atoms with E-state index in [1.807, 2.05) is 21.0 Å². The highest BCUT2D eigenvalue weighted by molar-refractivity contribution is 7.89. The first-order valence-electron chi connectivity index (χ1n) is 9.51. The zero-order valence-corrected chi connectivity index (χ0v) is 17.7. The van der Waals surface area contributed by atoms with Gasteiger partial charge in [0.05, 0.1) is 6.54 Å². The molecule has 1 fully saturated rings. The largest absolute Gasteiger partial charge is 0.347 e. The number of rotatable bonds is 7.